The normalized spacial score (nSPS) is 13.8. The van der Waals surface area contributed by atoms with Crippen molar-refractivity contribution in [2.75, 3.05) is 11.5 Å². The molecule has 0 aliphatic rings. The average molecular weight is 371 g/mol. The smallest absolute Gasteiger partial charge is 0.0472 e. The van der Waals surface area contributed by atoms with E-state index >= 15 is 0 Å². The molecule has 0 N–H and O–H groups in total. The van der Waals surface area contributed by atoms with E-state index in [9.17, 15) is 0 Å². The fourth-order valence-corrected chi connectivity index (χ4v) is 5.69. The highest BCUT2D eigenvalue weighted by molar-refractivity contribution is 8.03. The Kier molecular flexibility index (Phi) is 7.49. The minimum atomic E-state index is 0.295. The van der Waals surface area contributed by atoms with E-state index < -0.39 is 0 Å². The predicted molar refractivity (Wildman–Crippen MR) is 105 cm³/mol. The molecule has 0 amide bonds. The van der Waals surface area contributed by atoms with E-state index in [0.717, 1.165) is 21.6 Å². The lowest BCUT2D eigenvalue weighted by molar-refractivity contribution is 0.905. The zero-order valence-corrected chi connectivity index (χ0v) is 15.9. The quantitative estimate of drug-likeness (QED) is 0.501. The van der Waals surface area contributed by atoms with Gasteiger partial charge in [0.05, 0.1) is 0 Å². The zero-order valence-electron chi connectivity index (χ0n) is 12.8. The van der Waals surface area contributed by atoms with Gasteiger partial charge in [-0.1, -0.05) is 73.4 Å². The van der Waals surface area contributed by atoms with E-state index in [0.29, 0.717) is 10.5 Å². The molecule has 0 heterocycles. The van der Waals surface area contributed by atoms with Gasteiger partial charge in [0, 0.05) is 20.5 Å². The minimum absolute atomic E-state index is 0.295. The molecule has 0 aliphatic heterocycles. The maximum atomic E-state index is 6.47. The van der Waals surface area contributed by atoms with Gasteiger partial charge in [0.2, 0.25) is 0 Å². The van der Waals surface area contributed by atoms with Crippen LogP contribution < -0.4 is 0 Å². The maximum absolute atomic E-state index is 6.47. The minimum Gasteiger partial charge on any atom is -0.152 e. The molecule has 22 heavy (non-hydrogen) atoms. The van der Waals surface area contributed by atoms with Crippen molar-refractivity contribution in [1.82, 2.24) is 0 Å². The highest BCUT2D eigenvalue weighted by Gasteiger charge is 2.27. The first kappa shape index (κ1) is 18.1. The van der Waals surface area contributed by atoms with Crippen molar-refractivity contribution in [3.05, 3.63) is 69.7 Å². The maximum Gasteiger partial charge on any atom is 0.0472 e. The third-order valence-corrected chi connectivity index (χ3v) is 6.69. The fourth-order valence-electron chi connectivity index (χ4n) is 2.45. The van der Waals surface area contributed by atoms with Crippen molar-refractivity contribution in [2.45, 2.75) is 24.3 Å². The highest BCUT2D eigenvalue weighted by atomic mass is 35.5. The SMILES string of the molecule is CCS[C@H](c1ccccc1Cl)[C@@H](SCC)c1ccccc1Cl. The number of thioether (sulfide) groups is 2. The lowest BCUT2D eigenvalue weighted by atomic mass is 10.0. The lowest BCUT2D eigenvalue weighted by Crippen LogP contribution is -2.08. The van der Waals surface area contributed by atoms with Crippen LogP contribution in [0.2, 0.25) is 10.0 Å². The zero-order chi connectivity index (χ0) is 15.9. The Hall–Kier alpha value is -0.280. The summed E-state index contributed by atoms with van der Waals surface area (Å²) in [6, 6.07) is 16.3. The van der Waals surface area contributed by atoms with Gasteiger partial charge in [-0.2, -0.15) is 23.5 Å². The molecule has 118 valence electrons. The Labute approximate surface area is 152 Å². The van der Waals surface area contributed by atoms with E-state index in [1.807, 2.05) is 47.8 Å². The molecular weight excluding hydrogens is 351 g/mol. The Bertz CT molecular complexity index is 548. The van der Waals surface area contributed by atoms with Gasteiger partial charge in [-0.25, -0.2) is 0 Å². The molecule has 4 heteroatoms. The summed E-state index contributed by atoms with van der Waals surface area (Å²) < 4.78 is 0. The Morgan fingerprint density at radius 2 is 1.09 bits per heavy atom. The fraction of sp³-hybridized carbons (Fsp3) is 0.333. The molecule has 0 aliphatic carbocycles. The van der Waals surface area contributed by atoms with Gasteiger partial charge < -0.3 is 0 Å². The second kappa shape index (κ2) is 9.12. The molecule has 0 spiro atoms. The van der Waals surface area contributed by atoms with Crippen molar-refractivity contribution in [1.29, 1.82) is 0 Å². The van der Waals surface area contributed by atoms with Gasteiger partial charge in [-0.3, -0.25) is 0 Å². The van der Waals surface area contributed by atoms with Crippen LogP contribution >= 0.6 is 46.7 Å². The molecular formula is C18H20Cl2S2. The third-order valence-electron chi connectivity index (χ3n) is 3.39. The topological polar surface area (TPSA) is 0 Å². The van der Waals surface area contributed by atoms with Gasteiger partial charge in [-0.15, -0.1) is 0 Å². The number of rotatable bonds is 7. The van der Waals surface area contributed by atoms with Crippen LogP contribution in [0.3, 0.4) is 0 Å². The number of halogens is 2. The van der Waals surface area contributed by atoms with Gasteiger partial charge in [0.25, 0.3) is 0 Å². The standard InChI is InChI=1S/C18H20Cl2S2/c1-3-21-17(13-9-5-7-11-15(13)19)18(22-4-2)14-10-6-8-12-16(14)20/h5-12,17-18H,3-4H2,1-2H3/t17-,18+. The third kappa shape index (κ3) is 4.38. The van der Waals surface area contributed by atoms with Gasteiger partial charge in [-0.05, 0) is 34.8 Å². The van der Waals surface area contributed by atoms with Crippen molar-refractivity contribution in [2.24, 2.45) is 0 Å². The van der Waals surface area contributed by atoms with Crippen molar-refractivity contribution >= 4 is 46.7 Å². The Morgan fingerprint density at radius 3 is 1.41 bits per heavy atom. The van der Waals surface area contributed by atoms with Crippen molar-refractivity contribution < 1.29 is 0 Å². The Morgan fingerprint density at radius 1 is 0.727 bits per heavy atom. The molecule has 0 unspecified atom stereocenters. The first-order chi connectivity index (χ1) is 10.7. The van der Waals surface area contributed by atoms with E-state index in [4.69, 9.17) is 23.2 Å². The van der Waals surface area contributed by atoms with Crippen LogP contribution in [0.1, 0.15) is 35.5 Å². The van der Waals surface area contributed by atoms with E-state index in [1.165, 1.54) is 11.1 Å². The van der Waals surface area contributed by atoms with E-state index in [1.54, 1.807) is 0 Å². The molecule has 0 aromatic heterocycles. The molecule has 0 radical (unpaired) electrons. The number of benzene rings is 2. The second-order valence-corrected chi connectivity index (χ2v) is 8.45. The van der Waals surface area contributed by atoms with Gasteiger partial charge in [0.1, 0.15) is 0 Å². The predicted octanol–water partition coefficient (Wildman–Crippen LogP) is 7.28. The van der Waals surface area contributed by atoms with Crippen LogP contribution in [-0.4, -0.2) is 11.5 Å². The summed E-state index contributed by atoms with van der Waals surface area (Å²) in [5.41, 5.74) is 2.39. The van der Waals surface area contributed by atoms with Crippen LogP contribution in [0.4, 0.5) is 0 Å². The van der Waals surface area contributed by atoms with Crippen LogP contribution in [0, 0.1) is 0 Å². The molecule has 2 rings (SSSR count). The van der Waals surface area contributed by atoms with Gasteiger partial charge >= 0.3 is 0 Å². The van der Waals surface area contributed by atoms with Crippen molar-refractivity contribution in [3.63, 3.8) is 0 Å². The summed E-state index contributed by atoms with van der Waals surface area (Å²) >= 11 is 16.8. The molecule has 2 aromatic rings. The molecule has 0 saturated carbocycles. The Balaban J connectivity index is 2.46. The first-order valence-electron chi connectivity index (χ1n) is 7.41. The summed E-state index contributed by atoms with van der Waals surface area (Å²) in [5, 5.41) is 2.26. The molecule has 2 aromatic carbocycles. The number of hydrogen-bond donors (Lipinski definition) is 0. The average Bonchev–Trinajstić information content (AvgIpc) is 2.52. The van der Waals surface area contributed by atoms with Crippen LogP contribution in [0.25, 0.3) is 0 Å². The molecule has 0 bridgehead atoms. The van der Waals surface area contributed by atoms with Crippen molar-refractivity contribution in [3.8, 4) is 0 Å². The summed E-state index contributed by atoms with van der Waals surface area (Å²) in [6.45, 7) is 4.38. The molecule has 0 fully saturated rings. The molecule has 0 saturated heterocycles. The summed E-state index contributed by atoms with van der Waals surface area (Å²) in [7, 11) is 0. The summed E-state index contributed by atoms with van der Waals surface area (Å²) in [5.74, 6) is 2.09. The van der Waals surface area contributed by atoms with E-state index in [2.05, 4.69) is 38.1 Å². The lowest BCUT2D eigenvalue weighted by Gasteiger charge is -2.28. The summed E-state index contributed by atoms with van der Waals surface area (Å²) in [4.78, 5) is 0. The monoisotopic (exact) mass is 370 g/mol. The second-order valence-electron chi connectivity index (χ2n) is 4.79. The first-order valence-corrected chi connectivity index (χ1v) is 10.3. The molecule has 2 atom stereocenters. The van der Waals surface area contributed by atoms with E-state index in [-0.39, 0.29) is 0 Å². The van der Waals surface area contributed by atoms with Crippen LogP contribution in [0.15, 0.2) is 48.5 Å². The van der Waals surface area contributed by atoms with Crippen LogP contribution in [-0.2, 0) is 0 Å². The van der Waals surface area contributed by atoms with Crippen LogP contribution in [0.5, 0.6) is 0 Å². The highest BCUT2D eigenvalue weighted by Crippen LogP contribution is 2.50. The van der Waals surface area contributed by atoms with Gasteiger partial charge in [0.15, 0.2) is 0 Å². The summed E-state index contributed by atoms with van der Waals surface area (Å²) in [6.07, 6.45) is 0. The number of hydrogen-bond acceptors (Lipinski definition) is 2. The largest absolute Gasteiger partial charge is 0.152 e. The molecule has 0 nitrogen and oxygen atoms in total.